The van der Waals surface area contributed by atoms with E-state index >= 15 is 0 Å². The molecule has 0 amide bonds. The summed E-state index contributed by atoms with van der Waals surface area (Å²) in [5, 5.41) is 15.6. The van der Waals surface area contributed by atoms with Crippen LogP contribution in [0.4, 0.5) is 10.5 Å². The fraction of sp³-hybridized carbons (Fsp3) is 0.565. The maximum absolute atomic E-state index is 12.1. The molecule has 1 heterocycles. The monoisotopic (exact) mass is 429 g/mol. The van der Waals surface area contributed by atoms with Crippen molar-refractivity contribution in [3.63, 3.8) is 0 Å². The lowest BCUT2D eigenvalue weighted by atomic mass is 10.0. The van der Waals surface area contributed by atoms with Gasteiger partial charge in [0.25, 0.3) is 5.69 Å². The smallest absolute Gasteiger partial charge is 0.431 e. The quantitative estimate of drug-likeness (QED) is 0.241. The van der Waals surface area contributed by atoms with Crippen molar-refractivity contribution in [1.29, 1.82) is 0 Å². The van der Waals surface area contributed by atoms with Crippen LogP contribution in [-0.4, -0.2) is 27.0 Å². The molecule has 1 aromatic carbocycles. The largest absolute Gasteiger partial charge is 0.514 e. The van der Waals surface area contributed by atoms with E-state index in [9.17, 15) is 14.9 Å². The fourth-order valence-corrected chi connectivity index (χ4v) is 3.96. The van der Waals surface area contributed by atoms with E-state index in [0.29, 0.717) is 6.42 Å². The molecule has 3 rings (SSSR count). The van der Waals surface area contributed by atoms with Gasteiger partial charge >= 0.3 is 6.16 Å². The van der Waals surface area contributed by atoms with Gasteiger partial charge in [-0.15, -0.1) is 0 Å². The molecule has 1 aliphatic carbocycles. The summed E-state index contributed by atoms with van der Waals surface area (Å²) < 4.78 is 12.8. The van der Waals surface area contributed by atoms with Gasteiger partial charge in [-0.1, -0.05) is 13.3 Å². The first-order valence-corrected chi connectivity index (χ1v) is 10.9. The van der Waals surface area contributed by atoms with Gasteiger partial charge in [-0.3, -0.25) is 14.8 Å². The zero-order valence-electron chi connectivity index (χ0n) is 18.7. The number of hydrogen-bond acceptors (Lipinski definition) is 6. The van der Waals surface area contributed by atoms with Gasteiger partial charge in [0.1, 0.15) is 11.9 Å². The molecule has 0 bridgehead atoms. The number of aryl methyl sites for hydroxylation is 1. The normalized spacial score (nSPS) is 18.7. The Bertz CT molecular complexity index is 914. The number of benzene rings is 1. The van der Waals surface area contributed by atoms with Crippen LogP contribution in [0.3, 0.4) is 0 Å². The zero-order chi connectivity index (χ0) is 22.6. The Morgan fingerprint density at radius 3 is 2.58 bits per heavy atom. The molecule has 0 radical (unpaired) electrons. The van der Waals surface area contributed by atoms with E-state index < -0.39 is 11.1 Å². The van der Waals surface area contributed by atoms with Crippen molar-refractivity contribution in [2.24, 2.45) is 0 Å². The van der Waals surface area contributed by atoms with E-state index in [1.54, 1.807) is 0 Å². The molecule has 0 spiro atoms. The number of nitro groups is 1. The van der Waals surface area contributed by atoms with Gasteiger partial charge in [0.15, 0.2) is 0 Å². The highest BCUT2D eigenvalue weighted by Gasteiger charge is 2.32. The number of hydrogen-bond donors (Lipinski definition) is 0. The second kappa shape index (κ2) is 9.49. The number of rotatable bonds is 7. The molecule has 0 saturated heterocycles. The molecular formula is C23H31N3O5. The van der Waals surface area contributed by atoms with Crippen molar-refractivity contribution in [3.8, 4) is 5.75 Å². The van der Waals surface area contributed by atoms with Crippen molar-refractivity contribution in [1.82, 2.24) is 9.78 Å². The van der Waals surface area contributed by atoms with Gasteiger partial charge in [-0.2, -0.15) is 5.10 Å². The summed E-state index contributed by atoms with van der Waals surface area (Å²) >= 11 is 0. The third-order valence-corrected chi connectivity index (χ3v) is 5.54. The van der Waals surface area contributed by atoms with Gasteiger partial charge in [0.05, 0.1) is 16.2 Å². The molecule has 2 unspecified atom stereocenters. The molecule has 31 heavy (non-hydrogen) atoms. The number of aromatic nitrogens is 2. The predicted molar refractivity (Wildman–Crippen MR) is 116 cm³/mol. The van der Waals surface area contributed by atoms with Crippen LogP contribution in [0, 0.1) is 10.1 Å². The second-order valence-electron chi connectivity index (χ2n) is 9.10. The van der Waals surface area contributed by atoms with Crippen molar-refractivity contribution in [2.75, 3.05) is 0 Å². The van der Waals surface area contributed by atoms with E-state index in [4.69, 9.17) is 14.6 Å². The zero-order valence-corrected chi connectivity index (χ0v) is 18.7. The molecule has 2 atom stereocenters. The molecule has 1 saturated carbocycles. The average molecular weight is 430 g/mol. The average Bonchev–Trinajstić information content (AvgIpc) is 3.33. The molecule has 168 valence electrons. The Balaban J connectivity index is 1.59. The minimum atomic E-state index is -0.789. The first-order chi connectivity index (χ1) is 14.7. The number of unbranched alkanes of at least 4 members (excludes halogenated alkanes) is 1. The molecule has 1 fully saturated rings. The summed E-state index contributed by atoms with van der Waals surface area (Å²) in [6.07, 6.45) is 4.64. The van der Waals surface area contributed by atoms with Crippen molar-refractivity contribution in [2.45, 2.75) is 83.8 Å². The van der Waals surface area contributed by atoms with Crippen LogP contribution in [0.2, 0.25) is 0 Å². The first-order valence-electron chi connectivity index (χ1n) is 10.9. The lowest BCUT2D eigenvalue weighted by Gasteiger charge is -2.22. The topological polar surface area (TPSA) is 96.5 Å². The van der Waals surface area contributed by atoms with E-state index in [2.05, 4.69) is 38.4 Å². The Labute approximate surface area is 182 Å². The van der Waals surface area contributed by atoms with Gasteiger partial charge in [-0.25, -0.2) is 4.79 Å². The Hall–Kier alpha value is -2.90. The molecule has 0 N–H and O–H groups in total. The number of ether oxygens (including phenoxy) is 2. The van der Waals surface area contributed by atoms with E-state index in [1.165, 1.54) is 30.0 Å². The minimum Gasteiger partial charge on any atom is -0.431 e. The number of nitro benzene ring substituents is 1. The first kappa shape index (κ1) is 22.8. The Morgan fingerprint density at radius 1 is 1.26 bits per heavy atom. The van der Waals surface area contributed by atoms with E-state index in [-0.39, 0.29) is 29.0 Å². The van der Waals surface area contributed by atoms with Crippen LogP contribution in [-0.2, 0) is 16.7 Å². The van der Waals surface area contributed by atoms with Crippen LogP contribution in [0.15, 0.2) is 30.3 Å². The van der Waals surface area contributed by atoms with Crippen LogP contribution in [0.1, 0.15) is 77.1 Å². The van der Waals surface area contributed by atoms with Crippen molar-refractivity contribution >= 4 is 11.8 Å². The lowest BCUT2D eigenvalue weighted by Crippen LogP contribution is -2.25. The molecule has 1 aliphatic rings. The van der Waals surface area contributed by atoms with Crippen LogP contribution < -0.4 is 4.74 Å². The fourth-order valence-electron chi connectivity index (χ4n) is 3.96. The summed E-state index contributed by atoms with van der Waals surface area (Å²) in [5.41, 5.74) is 2.18. The maximum Gasteiger partial charge on any atom is 0.514 e. The summed E-state index contributed by atoms with van der Waals surface area (Å²) in [5.74, 6) is 0.468. The van der Waals surface area contributed by atoms with Crippen LogP contribution in [0.25, 0.3) is 0 Å². The number of carbonyl (C=O) groups is 1. The Morgan fingerprint density at radius 2 is 1.97 bits per heavy atom. The van der Waals surface area contributed by atoms with E-state index in [1.807, 2.05) is 0 Å². The lowest BCUT2D eigenvalue weighted by molar-refractivity contribution is -0.384. The Kier molecular flexibility index (Phi) is 6.97. The van der Waals surface area contributed by atoms with E-state index in [0.717, 1.165) is 37.8 Å². The summed E-state index contributed by atoms with van der Waals surface area (Å²) in [6, 6.07) is 7.55. The van der Waals surface area contributed by atoms with Crippen LogP contribution >= 0.6 is 0 Å². The molecule has 8 nitrogen and oxygen atoms in total. The highest BCUT2D eigenvalue weighted by atomic mass is 16.7. The number of nitrogens with zero attached hydrogens (tertiary/aromatic N) is 3. The molecule has 1 aromatic heterocycles. The molecule has 8 heteroatoms. The van der Waals surface area contributed by atoms with Gasteiger partial charge in [-0.05, 0) is 71.1 Å². The molecule has 0 aliphatic heterocycles. The number of non-ortho nitro benzene ring substituents is 1. The summed E-state index contributed by atoms with van der Waals surface area (Å²) in [4.78, 5) is 22.3. The van der Waals surface area contributed by atoms with Gasteiger partial charge in [0, 0.05) is 23.7 Å². The van der Waals surface area contributed by atoms with Gasteiger partial charge in [0.2, 0.25) is 0 Å². The van der Waals surface area contributed by atoms with Crippen LogP contribution in [0.5, 0.6) is 5.75 Å². The standard InChI is InChI=1S/C23H31N3O5/c1-5-6-7-18-15-21(24-25(18)23(2,3)4)16-8-11-20(14-16)31-22(27)30-19-12-9-17(10-13-19)26(28)29/h9-10,12-13,15-16,20H,5-8,11,14H2,1-4H3. The number of carbonyl (C=O) groups excluding carboxylic acids is 1. The minimum absolute atomic E-state index is 0.0626. The summed E-state index contributed by atoms with van der Waals surface area (Å²) in [6.45, 7) is 8.67. The summed E-state index contributed by atoms with van der Waals surface area (Å²) in [7, 11) is 0. The van der Waals surface area contributed by atoms with Crippen molar-refractivity contribution in [3.05, 3.63) is 51.8 Å². The molecular weight excluding hydrogens is 398 g/mol. The highest BCUT2D eigenvalue weighted by molar-refractivity contribution is 5.64. The second-order valence-corrected chi connectivity index (χ2v) is 9.10. The van der Waals surface area contributed by atoms with Gasteiger partial charge < -0.3 is 9.47 Å². The third kappa shape index (κ3) is 5.83. The van der Waals surface area contributed by atoms with Crippen molar-refractivity contribution < 1.29 is 19.2 Å². The highest BCUT2D eigenvalue weighted by Crippen LogP contribution is 2.37. The molecule has 2 aromatic rings. The SMILES string of the molecule is CCCCc1cc(C2CCC(OC(=O)Oc3ccc([N+](=O)[O-])cc3)C2)nn1C(C)(C)C. The predicted octanol–water partition coefficient (Wildman–Crippen LogP) is 5.74. The third-order valence-electron chi connectivity index (χ3n) is 5.54. The maximum atomic E-state index is 12.1.